The highest BCUT2D eigenvalue weighted by Crippen LogP contribution is 2.25. The van der Waals surface area contributed by atoms with Crippen LogP contribution in [-0.2, 0) is 16.6 Å². The van der Waals surface area contributed by atoms with Crippen LogP contribution < -0.4 is 10.6 Å². The fourth-order valence-corrected chi connectivity index (χ4v) is 2.88. The number of aromatic nitrogens is 4. The zero-order valence-corrected chi connectivity index (χ0v) is 15.1. The molecule has 0 saturated heterocycles. The van der Waals surface area contributed by atoms with Crippen LogP contribution in [0.15, 0.2) is 36.9 Å². The summed E-state index contributed by atoms with van der Waals surface area (Å²) in [6, 6.07) is 4.04. The molecule has 3 rings (SSSR count). The van der Waals surface area contributed by atoms with E-state index in [-0.39, 0.29) is 12.5 Å². The monoisotopic (exact) mass is 356 g/mol. The molecule has 0 aromatic carbocycles. The van der Waals surface area contributed by atoms with Crippen molar-refractivity contribution in [1.82, 2.24) is 19.4 Å². The first-order valence-electron chi connectivity index (χ1n) is 8.69. The van der Waals surface area contributed by atoms with Crippen molar-refractivity contribution in [2.24, 2.45) is 12.8 Å². The van der Waals surface area contributed by atoms with Crippen molar-refractivity contribution < 1.29 is 9.53 Å². The molecule has 0 atom stereocenters. The minimum Gasteiger partial charge on any atom is -0.465 e. The van der Waals surface area contributed by atoms with Gasteiger partial charge in [0.25, 0.3) is 0 Å². The fourth-order valence-electron chi connectivity index (χ4n) is 2.88. The maximum atomic E-state index is 12.0. The highest BCUT2D eigenvalue weighted by molar-refractivity contribution is 5.81. The van der Waals surface area contributed by atoms with Gasteiger partial charge < -0.3 is 15.4 Å². The number of nitrogens with zero attached hydrogens (tertiary/aromatic N) is 5. The Hall–Kier alpha value is -2.87. The second kappa shape index (κ2) is 8.01. The summed E-state index contributed by atoms with van der Waals surface area (Å²) in [5, 5.41) is 8.66. The molecule has 0 unspecified atom stereocenters. The summed E-state index contributed by atoms with van der Waals surface area (Å²) in [4.78, 5) is 13.9. The molecule has 3 aromatic heterocycles. The number of ether oxygens (including phenoxy) is 1. The third-order valence-electron chi connectivity index (χ3n) is 4.13. The maximum absolute atomic E-state index is 12.0. The van der Waals surface area contributed by atoms with Gasteiger partial charge in [0.15, 0.2) is 0 Å². The van der Waals surface area contributed by atoms with E-state index >= 15 is 0 Å². The van der Waals surface area contributed by atoms with Gasteiger partial charge in [-0.05, 0) is 26.0 Å². The van der Waals surface area contributed by atoms with Gasteiger partial charge in [-0.2, -0.15) is 10.2 Å². The van der Waals surface area contributed by atoms with Crippen molar-refractivity contribution in [3.05, 3.63) is 36.9 Å². The molecular formula is C18H24N6O2. The van der Waals surface area contributed by atoms with E-state index in [1.54, 1.807) is 17.8 Å². The van der Waals surface area contributed by atoms with Crippen molar-refractivity contribution in [3.63, 3.8) is 0 Å². The van der Waals surface area contributed by atoms with Crippen LogP contribution in [0.4, 0.5) is 5.69 Å². The van der Waals surface area contributed by atoms with Crippen molar-refractivity contribution in [2.45, 2.75) is 13.3 Å². The first-order chi connectivity index (χ1) is 12.6. The molecule has 3 heterocycles. The number of nitrogens with two attached hydrogens (primary N) is 1. The Morgan fingerprint density at radius 1 is 1.23 bits per heavy atom. The third-order valence-corrected chi connectivity index (χ3v) is 4.13. The first-order valence-corrected chi connectivity index (χ1v) is 8.69. The van der Waals surface area contributed by atoms with Gasteiger partial charge in [-0.3, -0.25) is 9.48 Å². The number of anilines is 1. The number of aryl methyl sites for hydroxylation is 1. The summed E-state index contributed by atoms with van der Waals surface area (Å²) < 4.78 is 8.68. The zero-order valence-electron chi connectivity index (χ0n) is 15.1. The predicted octanol–water partition coefficient (Wildman–Crippen LogP) is 1.45. The van der Waals surface area contributed by atoms with Crippen molar-refractivity contribution in [2.75, 3.05) is 31.1 Å². The van der Waals surface area contributed by atoms with Crippen LogP contribution >= 0.6 is 0 Å². The summed E-state index contributed by atoms with van der Waals surface area (Å²) in [7, 11) is 1.89. The lowest BCUT2D eigenvalue weighted by atomic mass is 10.1. The number of carbonyl (C=O) groups excluding carboxylic acids is 1. The minimum atomic E-state index is -0.254. The Labute approximate surface area is 152 Å². The lowest BCUT2D eigenvalue weighted by Crippen LogP contribution is -2.32. The van der Waals surface area contributed by atoms with Gasteiger partial charge in [0.2, 0.25) is 0 Å². The standard InChI is InChI=1S/C18H24N6O2/c1-3-26-18(25)13-23(8-4-7-19)17-10-21-24-12-14(5-6-16(17)24)15-9-20-22(2)11-15/h5-6,9-12H,3-4,7-8,13,19H2,1-2H3. The van der Waals surface area contributed by atoms with E-state index in [2.05, 4.69) is 10.2 Å². The maximum Gasteiger partial charge on any atom is 0.325 e. The lowest BCUT2D eigenvalue weighted by molar-refractivity contribution is -0.141. The second-order valence-corrected chi connectivity index (χ2v) is 6.05. The van der Waals surface area contributed by atoms with Crippen LogP contribution in [0.5, 0.6) is 0 Å². The molecule has 138 valence electrons. The number of rotatable bonds is 8. The smallest absolute Gasteiger partial charge is 0.325 e. The number of carbonyl (C=O) groups is 1. The van der Waals surface area contributed by atoms with Crippen molar-refractivity contribution in [3.8, 4) is 11.1 Å². The molecule has 0 saturated carbocycles. The molecule has 0 aliphatic carbocycles. The number of fused-ring (bicyclic) bond motifs is 1. The van der Waals surface area contributed by atoms with Gasteiger partial charge in [0.05, 0.1) is 30.2 Å². The van der Waals surface area contributed by atoms with Crippen LogP contribution in [0.2, 0.25) is 0 Å². The molecule has 8 heteroatoms. The van der Waals surface area contributed by atoms with E-state index in [1.165, 1.54) is 0 Å². The summed E-state index contributed by atoms with van der Waals surface area (Å²) in [5.74, 6) is -0.254. The van der Waals surface area contributed by atoms with E-state index in [9.17, 15) is 4.79 Å². The molecule has 0 amide bonds. The lowest BCUT2D eigenvalue weighted by Gasteiger charge is -2.22. The van der Waals surface area contributed by atoms with Gasteiger partial charge in [-0.25, -0.2) is 4.52 Å². The average molecular weight is 356 g/mol. The quantitative estimate of drug-likeness (QED) is 0.615. The van der Waals surface area contributed by atoms with E-state index in [4.69, 9.17) is 10.5 Å². The van der Waals surface area contributed by atoms with Crippen LogP contribution in [0.3, 0.4) is 0 Å². The van der Waals surface area contributed by atoms with Crippen LogP contribution in [0.25, 0.3) is 16.6 Å². The Morgan fingerprint density at radius 3 is 2.77 bits per heavy atom. The Balaban J connectivity index is 1.90. The summed E-state index contributed by atoms with van der Waals surface area (Å²) in [6.45, 7) is 3.58. The zero-order chi connectivity index (χ0) is 18.5. The largest absolute Gasteiger partial charge is 0.465 e. The molecular weight excluding hydrogens is 332 g/mol. The number of pyridine rings is 1. The van der Waals surface area contributed by atoms with Gasteiger partial charge in [-0.15, -0.1) is 0 Å². The topological polar surface area (TPSA) is 90.7 Å². The number of hydrogen-bond donors (Lipinski definition) is 1. The molecule has 26 heavy (non-hydrogen) atoms. The Kier molecular flexibility index (Phi) is 5.52. The molecule has 8 nitrogen and oxygen atoms in total. The van der Waals surface area contributed by atoms with Crippen molar-refractivity contribution in [1.29, 1.82) is 0 Å². The Morgan fingerprint density at radius 2 is 2.08 bits per heavy atom. The number of esters is 1. The molecule has 0 aliphatic heterocycles. The normalized spacial score (nSPS) is 11.0. The van der Waals surface area contributed by atoms with Gasteiger partial charge in [0, 0.05) is 37.1 Å². The fraction of sp³-hybridized carbons (Fsp3) is 0.389. The van der Waals surface area contributed by atoms with Crippen LogP contribution in [-0.4, -0.2) is 51.6 Å². The van der Waals surface area contributed by atoms with Gasteiger partial charge in [-0.1, -0.05) is 6.07 Å². The van der Waals surface area contributed by atoms with E-state index < -0.39 is 0 Å². The third kappa shape index (κ3) is 3.85. The van der Waals surface area contributed by atoms with Gasteiger partial charge >= 0.3 is 5.97 Å². The minimum absolute atomic E-state index is 0.180. The molecule has 0 radical (unpaired) electrons. The van der Waals surface area contributed by atoms with Crippen molar-refractivity contribution >= 4 is 17.2 Å². The van der Waals surface area contributed by atoms with Crippen LogP contribution in [0, 0.1) is 0 Å². The van der Waals surface area contributed by atoms with E-state index in [0.717, 1.165) is 28.8 Å². The molecule has 0 bridgehead atoms. The Bertz CT molecular complexity index is 885. The summed E-state index contributed by atoms with van der Waals surface area (Å²) >= 11 is 0. The van der Waals surface area contributed by atoms with Gasteiger partial charge in [0.1, 0.15) is 6.54 Å². The SMILES string of the molecule is CCOC(=O)CN(CCCN)c1cnn2cc(-c3cnn(C)c3)ccc12. The highest BCUT2D eigenvalue weighted by atomic mass is 16.5. The molecule has 0 fully saturated rings. The molecule has 0 aliphatic rings. The van der Waals surface area contributed by atoms with Crippen LogP contribution in [0.1, 0.15) is 13.3 Å². The summed E-state index contributed by atoms with van der Waals surface area (Å²) in [6.07, 6.45) is 8.30. The highest BCUT2D eigenvalue weighted by Gasteiger charge is 2.17. The summed E-state index contributed by atoms with van der Waals surface area (Å²) in [5.41, 5.74) is 9.52. The predicted molar refractivity (Wildman–Crippen MR) is 99.9 cm³/mol. The average Bonchev–Trinajstić information content (AvgIpc) is 3.24. The molecule has 0 spiro atoms. The van der Waals surface area contributed by atoms with E-state index in [1.807, 2.05) is 47.2 Å². The van der Waals surface area contributed by atoms with E-state index in [0.29, 0.717) is 19.7 Å². The molecule has 2 N–H and O–H groups in total. The number of hydrogen-bond acceptors (Lipinski definition) is 6. The first kappa shape index (κ1) is 17.9. The molecule has 3 aromatic rings. The second-order valence-electron chi connectivity index (χ2n) is 6.05.